The van der Waals surface area contributed by atoms with Crippen LogP contribution >= 0.6 is 27.5 Å². The van der Waals surface area contributed by atoms with Crippen molar-refractivity contribution in [3.63, 3.8) is 0 Å². The molecule has 0 radical (unpaired) electrons. The maximum Gasteiger partial charge on any atom is 0.0510 e. The highest BCUT2D eigenvalue weighted by Crippen LogP contribution is 2.39. The Morgan fingerprint density at radius 3 is 2.68 bits per heavy atom. The van der Waals surface area contributed by atoms with Gasteiger partial charge in [-0.3, -0.25) is 0 Å². The van der Waals surface area contributed by atoms with Crippen LogP contribution in [0.15, 0.2) is 22.7 Å². The van der Waals surface area contributed by atoms with Crippen LogP contribution in [-0.2, 0) is 5.88 Å². The number of nitrogens with zero attached hydrogens (tertiary/aromatic N) is 1. The average molecular weight is 343 g/mol. The van der Waals surface area contributed by atoms with Gasteiger partial charge in [0.2, 0.25) is 0 Å². The van der Waals surface area contributed by atoms with Crippen molar-refractivity contribution in [2.75, 3.05) is 18.0 Å². The molecule has 1 aromatic rings. The monoisotopic (exact) mass is 341 g/mol. The van der Waals surface area contributed by atoms with E-state index in [1.165, 1.54) is 60.9 Å². The molecule has 19 heavy (non-hydrogen) atoms. The number of fused-ring (bicyclic) bond motifs is 1. The predicted octanol–water partition coefficient (Wildman–Crippen LogP) is 5.20. The molecular weight excluding hydrogens is 322 g/mol. The molecule has 0 spiro atoms. The van der Waals surface area contributed by atoms with Crippen LogP contribution in [0.25, 0.3) is 0 Å². The third kappa shape index (κ3) is 2.95. The molecule has 1 aliphatic heterocycles. The molecule has 1 saturated heterocycles. The summed E-state index contributed by atoms with van der Waals surface area (Å²) in [6, 6.07) is 6.54. The molecule has 0 N–H and O–H groups in total. The first kappa shape index (κ1) is 13.8. The summed E-state index contributed by atoms with van der Waals surface area (Å²) in [5.74, 6) is 2.50. The molecule has 1 saturated carbocycles. The first-order chi connectivity index (χ1) is 9.28. The summed E-state index contributed by atoms with van der Waals surface area (Å²) in [5.41, 5.74) is 2.53. The van der Waals surface area contributed by atoms with Crippen molar-refractivity contribution in [1.29, 1.82) is 0 Å². The molecular formula is C16H21BrClN. The first-order valence-electron chi connectivity index (χ1n) is 7.37. The normalized spacial score (nSPS) is 27.2. The highest BCUT2D eigenvalue weighted by molar-refractivity contribution is 9.10. The lowest BCUT2D eigenvalue weighted by atomic mass is 9.75. The highest BCUT2D eigenvalue weighted by Gasteiger charge is 2.31. The molecule has 1 heterocycles. The molecule has 2 atom stereocenters. The number of anilines is 1. The van der Waals surface area contributed by atoms with E-state index in [-0.39, 0.29) is 0 Å². The fraction of sp³-hybridized carbons (Fsp3) is 0.625. The van der Waals surface area contributed by atoms with Gasteiger partial charge < -0.3 is 4.90 Å². The Labute approximate surface area is 129 Å². The van der Waals surface area contributed by atoms with E-state index in [1.54, 1.807) is 0 Å². The fourth-order valence-corrected chi connectivity index (χ4v) is 4.55. The summed E-state index contributed by atoms with van der Waals surface area (Å²) in [5, 5.41) is 0. The second-order valence-corrected chi connectivity index (χ2v) is 7.08. The number of piperidine rings is 1. The lowest BCUT2D eigenvalue weighted by Gasteiger charge is -2.42. The van der Waals surface area contributed by atoms with Crippen molar-refractivity contribution in [3.8, 4) is 0 Å². The van der Waals surface area contributed by atoms with Crippen molar-refractivity contribution >= 4 is 33.2 Å². The van der Waals surface area contributed by atoms with Gasteiger partial charge in [-0.1, -0.05) is 25.3 Å². The Kier molecular flexibility index (Phi) is 4.38. The minimum Gasteiger partial charge on any atom is -0.370 e. The molecule has 1 nitrogen and oxygen atoms in total. The Bertz CT molecular complexity index is 448. The smallest absolute Gasteiger partial charge is 0.0510 e. The van der Waals surface area contributed by atoms with Crippen molar-refractivity contribution in [2.24, 2.45) is 11.8 Å². The largest absolute Gasteiger partial charge is 0.370 e. The molecule has 1 aliphatic carbocycles. The van der Waals surface area contributed by atoms with Crippen LogP contribution in [0.5, 0.6) is 0 Å². The van der Waals surface area contributed by atoms with E-state index in [4.69, 9.17) is 11.6 Å². The maximum absolute atomic E-state index is 5.89. The molecule has 3 rings (SSSR count). The van der Waals surface area contributed by atoms with E-state index in [1.807, 2.05) is 0 Å². The number of alkyl halides is 1. The molecule has 3 heteroatoms. The summed E-state index contributed by atoms with van der Waals surface area (Å²) in [4.78, 5) is 2.56. The van der Waals surface area contributed by atoms with Gasteiger partial charge in [0.1, 0.15) is 0 Å². The summed E-state index contributed by atoms with van der Waals surface area (Å²) in [6.07, 6.45) is 7.15. The van der Waals surface area contributed by atoms with Crippen molar-refractivity contribution < 1.29 is 0 Å². The van der Waals surface area contributed by atoms with E-state index in [0.717, 1.165) is 11.8 Å². The average Bonchev–Trinajstić information content (AvgIpc) is 2.46. The van der Waals surface area contributed by atoms with E-state index in [9.17, 15) is 0 Å². The number of hydrogen-bond donors (Lipinski definition) is 0. The van der Waals surface area contributed by atoms with Gasteiger partial charge in [-0.25, -0.2) is 0 Å². The molecule has 0 aromatic heterocycles. The fourth-order valence-electron chi connectivity index (χ4n) is 3.71. The topological polar surface area (TPSA) is 3.24 Å². The van der Waals surface area contributed by atoms with E-state index in [0.29, 0.717) is 5.88 Å². The molecule has 2 aliphatic rings. The van der Waals surface area contributed by atoms with Gasteiger partial charge in [0.15, 0.2) is 0 Å². The minimum atomic E-state index is 0.587. The lowest BCUT2D eigenvalue weighted by Crippen LogP contribution is -2.41. The SMILES string of the molecule is ClCc1ccc(N2CCC3CCCCC3C2)c(Br)c1. The van der Waals surface area contributed by atoms with Gasteiger partial charge in [0.05, 0.1) is 5.69 Å². The highest BCUT2D eigenvalue weighted by atomic mass is 79.9. The second kappa shape index (κ2) is 6.05. The molecule has 0 bridgehead atoms. The van der Waals surface area contributed by atoms with Gasteiger partial charge in [0, 0.05) is 23.4 Å². The summed E-state index contributed by atoms with van der Waals surface area (Å²) in [6.45, 7) is 2.45. The van der Waals surface area contributed by atoms with Crippen LogP contribution in [-0.4, -0.2) is 13.1 Å². The quantitative estimate of drug-likeness (QED) is 0.667. The van der Waals surface area contributed by atoms with Gasteiger partial charge in [-0.2, -0.15) is 0 Å². The van der Waals surface area contributed by atoms with Crippen LogP contribution in [0.2, 0.25) is 0 Å². The molecule has 2 fully saturated rings. The molecule has 1 aromatic carbocycles. The number of rotatable bonds is 2. The number of benzene rings is 1. The van der Waals surface area contributed by atoms with Crippen LogP contribution in [0, 0.1) is 11.8 Å². The lowest BCUT2D eigenvalue weighted by molar-refractivity contribution is 0.202. The molecule has 104 valence electrons. The summed E-state index contributed by atoms with van der Waals surface area (Å²) in [7, 11) is 0. The van der Waals surface area contributed by atoms with Crippen LogP contribution in [0.4, 0.5) is 5.69 Å². The third-order valence-electron chi connectivity index (χ3n) is 4.80. The zero-order valence-electron chi connectivity index (χ0n) is 11.2. The Balaban J connectivity index is 1.75. The summed E-state index contributed by atoms with van der Waals surface area (Å²) >= 11 is 9.60. The Morgan fingerprint density at radius 2 is 1.95 bits per heavy atom. The first-order valence-corrected chi connectivity index (χ1v) is 8.70. The predicted molar refractivity (Wildman–Crippen MR) is 86.0 cm³/mol. The van der Waals surface area contributed by atoms with Gasteiger partial charge in [0.25, 0.3) is 0 Å². The minimum absolute atomic E-state index is 0.587. The van der Waals surface area contributed by atoms with Crippen molar-refractivity contribution in [3.05, 3.63) is 28.2 Å². The Hall–Kier alpha value is -0.210. The number of hydrogen-bond acceptors (Lipinski definition) is 1. The van der Waals surface area contributed by atoms with Crippen LogP contribution in [0.1, 0.15) is 37.7 Å². The van der Waals surface area contributed by atoms with Crippen LogP contribution < -0.4 is 4.90 Å². The third-order valence-corrected chi connectivity index (χ3v) is 5.74. The molecule has 2 unspecified atom stereocenters. The second-order valence-electron chi connectivity index (χ2n) is 5.96. The summed E-state index contributed by atoms with van der Waals surface area (Å²) < 4.78 is 1.19. The standard InChI is InChI=1S/C16H21BrClN/c17-15-9-12(10-18)5-6-16(15)19-8-7-13-3-1-2-4-14(13)11-19/h5-6,9,13-14H,1-4,7-8,10-11H2. The maximum atomic E-state index is 5.89. The van der Waals surface area contributed by atoms with Crippen molar-refractivity contribution in [1.82, 2.24) is 0 Å². The van der Waals surface area contributed by atoms with Gasteiger partial charge >= 0.3 is 0 Å². The Morgan fingerprint density at radius 1 is 1.16 bits per heavy atom. The molecule has 0 amide bonds. The zero-order chi connectivity index (χ0) is 13.2. The van der Waals surface area contributed by atoms with E-state index >= 15 is 0 Å². The van der Waals surface area contributed by atoms with E-state index < -0.39 is 0 Å². The van der Waals surface area contributed by atoms with Gasteiger partial charge in [-0.05, 0) is 58.3 Å². The van der Waals surface area contributed by atoms with Crippen LogP contribution in [0.3, 0.4) is 0 Å². The zero-order valence-corrected chi connectivity index (χ0v) is 13.6. The van der Waals surface area contributed by atoms with E-state index in [2.05, 4.69) is 39.0 Å². The van der Waals surface area contributed by atoms with Crippen molar-refractivity contribution in [2.45, 2.75) is 38.0 Å². The van der Waals surface area contributed by atoms with Gasteiger partial charge in [-0.15, -0.1) is 11.6 Å². The number of halogens is 2.